The molecule has 9 N–H and O–H groups in total. The van der Waals surface area contributed by atoms with Gasteiger partial charge < -0.3 is 79.1 Å². The van der Waals surface area contributed by atoms with Crippen molar-refractivity contribution in [1.82, 2.24) is 0 Å². The second kappa shape index (κ2) is 23.1. The molecular formula is C37H66O18. The van der Waals surface area contributed by atoms with Crippen LogP contribution >= 0.6 is 0 Å². The number of ether oxygens (including phenoxy) is 7. The predicted octanol–water partition coefficient (Wildman–Crippen LogP) is -0.727. The first kappa shape index (κ1) is 47.8. The molecule has 3 aliphatic heterocycles. The molecule has 18 unspecified atom stereocenters. The van der Waals surface area contributed by atoms with Gasteiger partial charge in [-0.2, -0.15) is 0 Å². The highest BCUT2D eigenvalue weighted by atomic mass is 16.8. The smallest absolute Gasteiger partial charge is 0.311 e. The number of rotatable bonds is 21. The zero-order valence-corrected chi connectivity index (χ0v) is 32.6. The molecule has 0 spiro atoms. The summed E-state index contributed by atoms with van der Waals surface area (Å²) in [5.74, 6) is -2.67. The number of carbonyl (C=O) groups is 2. The highest BCUT2D eigenvalue weighted by molar-refractivity contribution is 5.73. The number of unbranched alkanes of at least 4 members (excludes halogenated alkanes) is 6. The second-order valence-corrected chi connectivity index (χ2v) is 15.2. The van der Waals surface area contributed by atoms with Crippen molar-refractivity contribution in [3.05, 3.63) is 0 Å². The highest BCUT2D eigenvalue weighted by Crippen LogP contribution is 2.35. The Morgan fingerprint density at radius 2 is 1.24 bits per heavy atom. The maximum Gasteiger partial charge on any atom is 0.311 e. The first-order chi connectivity index (χ1) is 26.0. The van der Waals surface area contributed by atoms with Crippen LogP contribution in [0.2, 0.25) is 0 Å². The number of aliphatic hydroxyl groups excluding tert-OH is 9. The lowest BCUT2D eigenvalue weighted by Gasteiger charge is -2.49. The van der Waals surface area contributed by atoms with Crippen LogP contribution in [0.3, 0.4) is 0 Å². The fraction of sp³-hybridized carbons (Fsp3) is 0.946. The summed E-state index contributed by atoms with van der Waals surface area (Å²) in [6, 6.07) is 0. The standard InChI is InChI=1S/C37H66O18/c1-6-14-22(40)15-12-10-8-7-9-11-13-16-24(41)52-33-32(55-36-29(46)27(44)25(42)20(4)49-36)30(53-34(47)18(2)19(3)39)21(5)50-37(33)54-31-28(45)26(43)23(17-38)51-35(31)48/h18-23,25-33,35-40,42-46,48H,6-17H2,1-5H3. The Morgan fingerprint density at radius 1 is 0.636 bits per heavy atom. The molecule has 18 nitrogen and oxygen atoms in total. The molecule has 0 aromatic carbocycles. The van der Waals surface area contributed by atoms with Crippen LogP contribution in [-0.2, 0) is 42.7 Å². The van der Waals surface area contributed by atoms with Crippen molar-refractivity contribution in [2.24, 2.45) is 5.92 Å². The van der Waals surface area contributed by atoms with E-state index in [1.165, 1.54) is 27.7 Å². The van der Waals surface area contributed by atoms with Crippen LogP contribution in [0, 0.1) is 5.92 Å². The molecule has 0 aromatic heterocycles. The summed E-state index contributed by atoms with van der Waals surface area (Å²) in [5, 5.41) is 93.3. The number of esters is 2. The first-order valence-corrected chi connectivity index (χ1v) is 19.7. The molecule has 0 aromatic rings. The Hall–Kier alpha value is -1.62. The van der Waals surface area contributed by atoms with Gasteiger partial charge in [-0.1, -0.05) is 51.9 Å². The number of hydrogen-bond acceptors (Lipinski definition) is 18. The third-order valence-corrected chi connectivity index (χ3v) is 10.6. The van der Waals surface area contributed by atoms with E-state index in [-0.39, 0.29) is 12.5 Å². The number of aliphatic hydroxyl groups is 9. The van der Waals surface area contributed by atoms with E-state index in [1.54, 1.807) is 0 Å². The molecule has 0 saturated carbocycles. The van der Waals surface area contributed by atoms with Crippen LogP contribution in [0.1, 0.15) is 105 Å². The van der Waals surface area contributed by atoms with E-state index in [9.17, 15) is 55.5 Å². The maximum absolute atomic E-state index is 13.5. The Kier molecular flexibility index (Phi) is 20.1. The van der Waals surface area contributed by atoms with Crippen LogP contribution in [0.5, 0.6) is 0 Å². The van der Waals surface area contributed by atoms with Gasteiger partial charge in [0.25, 0.3) is 0 Å². The van der Waals surface area contributed by atoms with E-state index in [0.717, 1.165) is 51.4 Å². The average Bonchev–Trinajstić information content (AvgIpc) is 3.14. The van der Waals surface area contributed by atoms with Gasteiger partial charge in [0.2, 0.25) is 0 Å². The minimum Gasteiger partial charge on any atom is -0.456 e. The average molecular weight is 799 g/mol. The van der Waals surface area contributed by atoms with Crippen molar-refractivity contribution in [2.45, 2.75) is 210 Å². The van der Waals surface area contributed by atoms with Gasteiger partial charge in [-0.3, -0.25) is 9.59 Å². The Bertz CT molecular complexity index is 1130. The molecule has 18 heteroatoms. The minimum absolute atomic E-state index is 0.0720. The fourth-order valence-corrected chi connectivity index (χ4v) is 6.84. The van der Waals surface area contributed by atoms with Crippen LogP contribution in [0.4, 0.5) is 0 Å². The highest BCUT2D eigenvalue weighted by Gasteiger charge is 2.56. The molecule has 3 aliphatic rings. The van der Waals surface area contributed by atoms with E-state index in [0.29, 0.717) is 12.8 Å². The van der Waals surface area contributed by atoms with Crippen molar-refractivity contribution in [3.63, 3.8) is 0 Å². The van der Waals surface area contributed by atoms with Gasteiger partial charge in [-0.15, -0.1) is 0 Å². The molecule has 18 atom stereocenters. The summed E-state index contributed by atoms with van der Waals surface area (Å²) in [4.78, 5) is 26.6. The van der Waals surface area contributed by atoms with Gasteiger partial charge in [0.05, 0.1) is 36.9 Å². The topological polar surface area (TPSA) is 281 Å². The van der Waals surface area contributed by atoms with Gasteiger partial charge in [0, 0.05) is 6.42 Å². The fourth-order valence-electron chi connectivity index (χ4n) is 6.84. The maximum atomic E-state index is 13.5. The van der Waals surface area contributed by atoms with Crippen LogP contribution in [0.25, 0.3) is 0 Å². The summed E-state index contributed by atoms with van der Waals surface area (Å²) in [5.41, 5.74) is 0. The second-order valence-electron chi connectivity index (χ2n) is 15.2. The van der Waals surface area contributed by atoms with E-state index in [1.807, 2.05) is 6.92 Å². The quantitative estimate of drug-likeness (QED) is 0.0511. The summed E-state index contributed by atoms with van der Waals surface area (Å²) in [6.07, 6.45) is -17.0. The van der Waals surface area contributed by atoms with Crippen LogP contribution in [-0.4, -0.2) is 169 Å². The molecule has 3 fully saturated rings. The van der Waals surface area contributed by atoms with Crippen molar-refractivity contribution < 1.29 is 88.7 Å². The normalized spacial score (nSPS) is 38.5. The molecule has 0 bridgehead atoms. The summed E-state index contributed by atoms with van der Waals surface area (Å²) in [7, 11) is 0. The zero-order chi connectivity index (χ0) is 41.0. The molecule has 322 valence electrons. The zero-order valence-electron chi connectivity index (χ0n) is 32.6. The largest absolute Gasteiger partial charge is 0.456 e. The predicted molar refractivity (Wildman–Crippen MR) is 189 cm³/mol. The van der Waals surface area contributed by atoms with Crippen molar-refractivity contribution in [2.75, 3.05) is 6.61 Å². The van der Waals surface area contributed by atoms with Crippen molar-refractivity contribution in [1.29, 1.82) is 0 Å². The SMILES string of the molecule is CCCC(O)CCCCCCCCCC(=O)OC1C(OC2C(O)OC(CO)C(O)C2O)OC(C)C(OC(=O)C(C)C(C)O)C1OC1OC(C)C(O)C(O)C1O. The Labute approximate surface area is 322 Å². The molecule has 3 heterocycles. The van der Waals surface area contributed by atoms with Gasteiger partial charge in [0.1, 0.15) is 48.8 Å². The molecule has 0 amide bonds. The monoisotopic (exact) mass is 798 g/mol. The van der Waals surface area contributed by atoms with E-state index in [4.69, 9.17) is 33.2 Å². The summed E-state index contributed by atoms with van der Waals surface area (Å²) >= 11 is 0. The van der Waals surface area contributed by atoms with E-state index in [2.05, 4.69) is 0 Å². The first-order valence-electron chi connectivity index (χ1n) is 19.7. The van der Waals surface area contributed by atoms with E-state index >= 15 is 0 Å². The van der Waals surface area contributed by atoms with Crippen molar-refractivity contribution >= 4 is 11.9 Å². The molecule has 3 rings (SSSR count). The van der Waals surface area contributed by atoms with E-state index < -0.39 is 123 Å². The lowest BCUT2D eigenvalue weighted by Crippen LogP contribution is -2.67. The lowest BCUT2D eigenvalue weighted by molar-refractivity contribution is -0.379. The van der Waals surface area contributed by atoms with Gasteiger partial charge in [-0.25, -0.2) is 0 Å². The third-order valence-electron chi connectivity index (χ3n) is 10.6. The van der Waals surface area contributed by atoms with Gasteiger partial charge in [-0.05, 0) is 47.0 Å². The van der Waals surface area contributed by atoms with Crippen LogP contribution < -0.4 is 0 Å². The van der Waals surface area contributed by atoms with Crippen molar-refractivity contribution in [3.8, 4) is 0 Å². The Morgan fingerprint density at radius 3 is 1.85 bits per heavy atom. The summed E-state index contributed by atoms with van der Waals surface area (Å²) < 4.78 is 40.6. The third kappa shape index (κ3) is 13.5. The summed E-state index contributed by atoms with van der Waals surface area (Å²) in [6.45, 7) is 6.97. The Balaban J connectivity index is 1.83. The number of hydrogen-bond donors (Lipinski definition) is 9. The molecule has 0 radical (unpaired) electrons. The minimum atomic E-state index is -1.91. The van der Waals surface area contributed by atoms with Gasteiger partial charge in [0.15, 0.2) is 31.1 Å². The van der Waals surface area contributed by atoms with Crippen LogP contribution in [0.15, 0.2) is 0 Å². The molecule has 55 heavy (non-hydrogen) atoms. The molecule has 0 aliphatic carbocycles. The number of carbonyl (C=O) groups excluding carboxylic acids is 2. The molecule has 3 saturated heterocycles. The lowest BCUT2D eigenvalue weighted by atomic mass is 9.96. The van der Waals surface area contributed by atoms with Gasteiger partial charge >= 0.3 is 11.9 Å². The molecular weight excluding hydrogens is 732 g/mol.